The Bertz CT molecular complexity index is 457. The van der Waals surface area contributed by atoms with Gasteiger partial charge in [-0.05, 0) is 80.0 Å². The minimum Gasteiger partial charge on any atom is -0.393 e. The van der Waals surface area contributed by atoms with E-state index in [-0.39, 0.29) is 11.5 Å². The average Bonchev–Trinajstić information content (AvgIpc) is 2.31. The number of hydrogen-bond acceptors (Lipinski definition) is 1. The molecule has 2 unspecified atom stereocenters. The zero-order valence-corrected chi connectivity index (χ0v) is 13.1. The highest BCUT2D eigenvalue weighted by atomic mass is 16.3. The van der Waals surface area contributed by atoms with Gasteiger partial charge in [-0.1, -0.05) is 26.0 Å². The summed E-state index contributed by atoms with van der Waals surface area (Å²) in [6.07, 6.45) is 4.35. The van der Waals surface area contributed by atoms with E-state index in [0.29, 0.717) is 0 Å². The average molecular weight is 260 g/mol. The van der Waals surface area contributed by atoms with Gasteiger partial charge in [0.2, 0.25) is 0 Å². The number of fused-ring (bicyclic) bond motifs is 1. The van der Waals surface area contributed by atoms with Crippen molar-refractivity contribution in [3.63, 3.8) is 0 Å². The molecule has 0 spiro atoms. The second-order valence-corrected chi connectivity index (χ2v) is 7.12. The summed E-state index contributed by atoms with van der Waals surface area (Å²) in [7, 11) is 0. The van der Waals surface area contributed by atoms with E-state index < -0.39 is 0 Å². The van der Waals surface area contributed by atoms with Gasteiger partial charge in [-0.15, -0.1) is 0 Å². The van der Waals surface area contributed by atoms with Crippen molar-refractivity contribution >= 4 is 0 Å². The number of rotatable bonds is 3. The fourth-order valence-electron chi connectivity index (χ4n) is 3.64. The third-order valence-corrected chi connectivity index (χ3v) is 4.88. The molecule has 106 valence electrons. The van der Waals surface area contributed by atoms with E-state index in [4.69, 9.17) is 0 Å². The van der Waals surface area contributed by atoms with Gasteiger partial charge in [-0.25, -0.2) is 0 Å². The van der Waals surface area contributed by atoms with Crippen molar-refractivity contribution in [2.75, 3.05) is 0 Å². The lowest BCUT2D eigenvalue weighted by molar-refractivity contribution is 0.166. The highest BCUT2D eigenvalue weighted by Gasteiger charge is 2.33. The van der Waals surface area contributed by atoms with Crippen LogP contribution in [0.5, 0.6) is 0 Å². The Morgan fingerprint density at radius 2 is 2.00 bits per heavy atom. The smallest absolute Gasteiger partial charge is 0.0512 e. The summed E-state index contributed by atoms with van der Waals surface area (Å²) in [5.41, 5.74) is 6.28. The summed E-state index contributed by atoms with van der Waals surface area (Å²) >= 11 is 0. The third kappa shape index (κ3) is 3.02. The molecule has 1 aromatic rings. The first kappa shape index (κ1) is 14.6. The molecule has 1 nitrogen and oxygen atoms in total. The molecular formula is C18H28O. The molecule has 1 heteroatoms. The Morgan fingerprint density at radius 1 is 1.32 bits per heavy atom. The summed E-state index contributed by atoms with van der Waals surface area (Å²) in [5.74, 6) is 0.720. The summed E-state index contributed by atoms with van der Waals surface area (Å²) < 4.78 is 0. The molecule has 0 fully saturated rings. The summed E-state index contributed by atoms with van der Waals surface area (Å²) in [6.45, 7) is 11.1. The molecule has 2 atom stereocenters. The number of hydrogen-bond donors (Lipinski definition) is 1. The van der Waals surface area contributed by atoms with Crippen molar-refractivity contribution in [3.8, 4) is 0 Å². The maximum Gasteiger partial charge on any atom is 0.0512 e. The van der Waals surface area contributed by atoms with E-state index in [1.54, 1.807) is 11.1 Å². The van der Waals surface area contributed by atoms with Crippen molar-refractivity contribution in [3.05, 3.63) is 34.4 Å². The molecule has 0 aliphatic heterocycles. The van der Waals surface area contributed by atoms with Gasteiger partial charge in [-0.3, -0.25) is 0 Å². The lowest BCUT2D eigenvalue weighted by atomic mass is 9.66. The van der Waals surface area contributed by atoms with Crippen LogP contribution < -0.4 is 0 Å². The van der Waals surface area contributed by atoms with Crippen LogP contribution in [0, 0.1) is 19.8 Å². The van der Waals surface area contributed by atoms with Crippen LogP contribution in [0.3, 0.4) is 0 Å². The van der Waals surface area contributed by atoms with Crippen LogP contribution in [0.1, 0.15) is 62.3 Å². The number of benzene rings is 1. The second-order valence-electron chi connectivity index (χ2n) is 7.12. The molecule has 1 aromatic carbocycles. The molecule has 0 bridgehead atoms. The van der Waals surface area contributed by atoms with Gasteiger partial charge in [0.15, 0.2) is 0 Å². The van der Waals surface area contributed by atoms with Gasteiger partial charge in [0.25, 0.3) is 0 Å². The highest BCUT2D eigenvalue weighted by Crippen LogP contribution is 2.42. The molecule has 0 heterocycles. The van der Waals surface area contributed by atoms with Crippen molar-refractivity contribution < 1.29 is 5.11 Å². The maximum absolute atomic E-state index is 9.51. The normalized spacial score (nSPS) is 22.9. The van der Waals surface area contributed by atoms with Crippen LogP contribution in [0.4, 0.5) is 0 Å². The first-order chi connectivity index (χ1) is 8.81. The lowest BCUT2D eigenvalue weighted by Crippen LogP contribution is -2.31. The van der Waals surface area contributed by atoms with Gasteiger partial charge >= 0.3 is 0 Å². The van der Waals surface area contributed by atoms with E-state index in [0.717, 1.165) is 18.8 Å². The Hall–Kier alpha value is -0.820. The Balaban J connectivity index is 2.29. The van der Waals surface area contributed by atoms with Crippen LogP contribution in [0.15, 0.2) is 12.1 Å². The van der Waals surface area contributed by atoms with Crippen LogP contribution >= 0.6 is 0 Å². The number of aliphatic hydroxyl groups is 1. The molecule has 0 amide bonds. The Kier molecular flexibility index (Phi) is 4.06. The first-order valence-electron chi connectivity index (χ1n) is 7.59. The van der Waals surface area contributed by atoms with Gasteiger partial charge in [-0.2, -0.15) is 0 Å². The fourth-order valence-corrected chi connectivity index (χ4v) is 3.64. The van der Waals surface area contributed by atoms with E-state index in [1.165, 1.54) is 24.0 Å². The predicted octanol–water partition coefficient (Wildman–Crippen LogP) is 4.30. The van der Waals surface area contributed by atoms with Crippen LogP contribution in [-0.2, 0) is 11.8 Å². The Morgan fingerprint density at radius 3 is 2.63 bits per heavy atom. The zero-order chi connectivity index (χ0) is 14.2. The molecule has 0 saturated heterocycles. The van der Waals surface area contributed by atoms with E-state index in [1.807, 2.05) is 6.92 Å². The summed E-state index contributed by atoms with van der Waals surface area (Å²) in [5, 5.41) is 9.51. The quantitative estimate of drug-likeness (QED) is 0.859. The minimum atomic E-state index is -0.164. The first-order valence-corrected chi connectivity index (χ1v) is 7.59. The molecule has 1 aliphatic carbocycles. The second kappa shape index (κ2) is 5.28. The Labute approximate surface area is 118 Å². The van der Waals surface area contributed by atoms with Gasteiger partial charge in [0.1, 0.15) is 0 Å². The van der Waals surface area contributed by atoms with E-state index in [9.17, 15) is 5.11 Å². The van der Waals surface area contributed by atoms with Crippen molar-refractivity contribution in [1.29, 1.82) is 0 Å². The van der Waals surface area contributed by atoms with E-state index in [2.05, 4.69) is 39.8 Å². The largest absolute Gasteiger partial charge is 0.393 e. The van der Waals surface area contributed by atoms with Gasteiger partial charge in [0.05, 0.1) is 6.10 Å². The van der Waals surface area contributed by atoms with Gasteiger partial charge in [0, 0.05) is 0 Å². The zero-order valence-electron chi connectivity index (χ0n) is 13.1. The molecule has 0 saturated carbocycles. The number of aryl methyl sites for hydroxylation is 1. The van der Waals surface area contributed by atoms with Crippen LogP contribution in [0.2, 0.25) is 0 Å². The lowest BCUT2D eigenvalue weighted by Gasteiger charge is -2.39. The summed E-state index contributed by atoms with van der Waals surface area (Å²) in [6, 6.07) is 4.61. The number of aliphatic hydroxyl groups excluding tert-OH is 1. The van der Waals surface area contributed by atoms with Gasteiger partial charge < -0.3 is 5.11 Å². The minimum absolute atomic E-state index is 0.164. The van der Waals surface area contributed by atoms with Crippen LogP contribution in [-0.4, -0.2) is 11.2 Å². The third-order valence-electron chi connectivity index (χ3n) is 4.88. The molecule has 0 aromatic heterocycles. The molecule has 1 N–H and O–H groups in total. The molecule has 19 heavy (non-hydrogen) atoms. The van der Waals surface area contributed by atoms with Crippen molar-refractivity contribution in [2.24, 2.45) is 5.92 Å². The SMILES string of the molecule is Cc1ccc2c(c1C)CC(CCC(C)O)CC2(C)C. The molecule has 1 aliphatic rings. The highest BCUT2D eigenvalue weighted by molar-refractivity contribution is 5.45. The molecular weight excluding hydrogens is 232 g/mol. The predicted molar refractivity (Wildman–Crippen MR) is 81.7 cm³/mol. The monoisotopic (exact) mass is 260 g/mol. The van der Waals surface area contributed by atoms with Crippen molar-refractivity contribution in [2.45, 2.75) is 71.8 Å². The molecule has 2 rings (SSSR count). The topological polar surface area (TPSA) is 20.2 Å². The maximum atomic E-state index is 9.51. The molecule has 0 radical (unpaired) electrons. The fraction of sp³-hybridized carbons (Fsp3) is 0.667. The standard InChI is InChI=1S/C18H28O/c1-12-6-9-17-16(14(12)3)10-15(8-7-13(2)19)11-18(17,4)5/h6,9,13,15,19H,7-8,10-11H2,1-5H3. The van der Waals surface area contributed by atoms with Crippen LogP contribution in [0.25, 0.3) is 0 Å². The summed E-state index contributed by atoms with van der Waals surface area (Å²) in [4.78, 5) is 0. The van der Waals surface area contributed by atoms with Crippen molar-refractivity contribution in [1.82, 2.24) is 0 Å². The van der Waals surface area contributed by atoms with E-state index >= 15 is 0 Å².